The Morgan fingerprint density at radius 2 is 1.53 bits per heavy atom. The average molecular weight is 793 g/mol. The summed E-state index contributed by atoms with van der Waals surface area (Å²) in [5.74, 6) is -3.37. The molecule has 0 bridgehead atoms. The first-order valence-electron chi connectivity index (χ1n) is 17.9. The van der Waals surface area contributed by atoms with Crippen molar-refractivity contribution in [2.24, 2.45) is 5.73 Å². The number of hydrogen-bond donors (Lipinski definition) is 5. The van der Waals surface area contributed by atoms with E-state index in [1.165, 1.54) is 6.07 Å². The standard InChI is InChI=1S/C39H41Cl2F2N9O3/c40-29-4-3-5-30(41)28(29)22-52-36-21-26(7-8-27(36)35(50-52)23-51-16-1-2-17-51)47-39(55)49-34(20-25-6-9-31(42)32(43)18-25)38(54)48-33(37(53)46-15-12-44)19-24-10-13-45-14-11-24/h3-11,13-14,18,21,33-34H,1-2,12,15-17,19-20,22-23,44H2,(H,46,53)(H,48,54)(H2,47,49,55)/t33-,34-/m0/s1. The third-order valence-corrected chi connectivity index (χ3v) is 10.0. The summed E-state index contributed by atoms with van der Waals surface area (Å²) in [6, 6.07) is 14.2. The maximum absolute atomic E-state index is 14.2. The van der Waals surface area contributed by atoms with Crippen molar-refractivity contribution in [1.82, 2.24) is 35.6 Å². The van der Waals surface area contributed by atoms with Gasteiger partial charge in [0.1, 0.15) is 12.1 Å². The van der Waals surface area contributed by atoms with Crippen LogP contribution < -0.4 is 27.0 Å². The van der Waals surface area contributed by atoms with Crippen molar-refractivity contribution < 1.29 is 23.2 Å². The molecule has 1 fully saturated rings. The van der Waals surface area contributed by atoms with E-state index >= 15 is 0 Å². The van der Waals surface area contributed by atoms with Gasteiger partial charge in [-0.25, -0.2) is 13.6 Å². The van der Waals surface area contributed by atoms with Crippen LogP contribution in [-0.4, -0.2) is 75.8 Å². The van der Waals surface area contributed by atoms with Crippen LogP contribution in [0.25, 0.3) is 10.9 Å². The van der Waals surface area contributed by atoms with E-state index in [1.54, 1.807) is 59.5 Å². The highest BCUT2D eigenvalue weighted by atomic mass is 35.5. The predicted octanol–water partition coefficient (Wildman–Crippen LogP) is 5.20. The van der Waals surface area contributed by atoms with Gasteiger partial charge in [0.15, 0.2) is 11.6 Å². The number of benzene rings is 3. The van der Waals surface area contributed by atoms with Crippen LogP contribution in [0, 0.1) is 11.6 Å². The number of hydrogen-bond acceptors (Lipinski definition) is 7. The molecule has 2 aromatic heterocycles. The predicted molar refractivity (Wildman–Crippen MR) is 208 cm³/mol. The number of nitrogens with one attached hydrogen (secondary N) is 4. The number of carbonyl (C=O) groups is 3. The van der Waals surface area contributed by atoms with Crippen molar-refractivity contribution in [2.45, 2.75) is 50.9 Å². The van der Waals surface area contributed by atoms with Crippen LogP contribution in [0.4, 0.5) is 19.3 Å². The average Bonchev–Trinajstić information content (AvgIpc) is 3.81. The number of anilines is 1. The van der Waals surface area contributed by atoms with Crippen molar-refractivity contribution in [3.63, 3.8) is 0 Å². The van der Waals surface area contributed by atoms with E-state index in [2.05, 4.69) is 31.2 Å². The zero-order valence-electron chi connectivity index (χ0n) is 29.8. The van der Waals surface area contributed by atoms with Gasteiger partial charge in [-0.05, 0) is 91.7 Å². The van der Waals surface area contributed by atoms with Gasteiger partial charge in [0.25, 0.3) is 0 Å². The zero-order valence-corrected chi connectivity index (χ0v) is 31.3. The largest absolute Gasteiger partial charge is 0.353 e. The molecule has 0 unspecified atom stereocenters. The molecule has 2 atom stereocenters. The van der Waals surface area contributed by atoms with Gasteiger partial charge in [-0.3, -0.25) is 24.2 Å². The van der Waals surface area contributed by atoms with Gasteiger partial charge in [0.2, 0.25) is 11.8 Å². The van der Waals surface area contributed by atoms with Crippen molar-refractivity contribution in [2.75, 3.05) is 31.5 Å². The fourth-order valence-corrected chi connectivity index (χ4v) is 7.05. The Kier molecular flexibility index (Phi) is 13.3. The molecule has 3 heterocycles. The first-order chi connectivity index (χ1) is 26.6. The third-order valence-electron chi connectivity index (χ3n) is 9.34. The Hall–Kier alpha value is -5.15. The van der Waals surface area contributed by atoms with E-state index < -0.39 is 41.6 Å². The Bertz CT molecular complexity index is 2130. The van der Waals surface area contributed by atoms with E-state index in [0.717, 1.165) is 60.2 Å². The van der Waals surface area contributed by atoms with Gasteiger partial charge in [-0.2, -0.15) is 5.10 Å². The number of likely N-dealkylation sites (tertiary alicyclic amines) is 1. The minimum absolute atomic E-state index is 0.113. The van der Waals surface area contributed by atoms with Crippen molar-refractivity contribution >= 4 is 57.6 Å². The Balaban J connectivity index is 1.25. The monoisotopic (exact) mass is 791 g/mol. The Morgan fingerprint density at radius 1 is 0.818 bits per heavy atom. The summed E-state index contributed by atoms with van der Waals surface area (Å²) in [5.41, 5.74) is 9.24. The number of halogens is 4. The number of amides is 4. The molecule has 1 saturated heterocycles. The Morgan fingerprint density at radius 3 is 2.24 bits per heavy atom. The molecule has 55 heavy (non-hydrogen) atoms. The summed E-state index contributed by atoms with van der Waals surface area (Å²) in [6.45, 7) is 3.25. The van der Waals surface area contributed by atoms with Crippen LogP contribution in [0.15, 0.2) is 79.1 Å². The second kappa shape index (κ2) is 18.5. The number of urea groups is 1. The summed E-state index contributed by atoms with van der Waals surface area (Å²) in [4.78, 5) is 47.0. The van der Waals surface area contributed by atoms with Crippen LogP contribution in [0.3, 0.4) is 0 Å². The molecule has 4 amide bonds. The molecule has 6 N–H and O–H groups in total. The molecule has 0 spiro atoms. The van der Waals surface area contributed by atoms with E-state index in [0.29, 0.717) is 27.8 Å². The Labute approximate surface area is 326 Å². The topological polar surface area (TPSA) is 159 Å². The van der Waals surface area contributed by atoms with E-state index in [4.69, 9.17) is 34.0 Å². The SMILES string of the molecule is NCCNC(=O)[C@H](Cc1ccncc1)NC(=O)[C@H](Cc1ccc(F)c(F)c1)NC(=O)Nc1ccc2c(CN3CCCC3)nn(Cc3c(Cl)cccc3Cl)c2c1. The van der Waals surface area contributed by atoms with Gasteiger partial charge in [0.05, 0.1) is 17.8 Å². The summed E-state index contributed by atoms with van der Waals surface area (Å²) in [7, 11) is 0. The quantitative estimate of drug-likeness (QED) is 0.0976. The number of carbonyl (C=O) groups excluding carboxylic acids is 3. The van der Waals surface area contributed by atoms with Crippen LogP contribution in [0.1, 0.15) is 35.2 Å². The molecular weight excluding hydrogens is 751 g/mol. The summed E-state index contributed by atoms with van der Waals surface area (Å²) in [6.07, 6.45) is 5.27. The number of nitrogens with zero attached hydrogens (tertiary/aromatic N) is 4. The van der Waals surface area contributed by atoms with Crippen LogP contribution in [0.2, 0.25) is 10.0 Å². The number of pyridine rings is 1. The van der Waals surface area contributed by atoms with Crippen LogP contribution in [-0.2, 0) is 35.5 Å². The van der Waals surface area contributed by atoms with Crippen LogP contribution in [0.5, 0.6) is 0 Å². The fraction of sp³-hybridized carbons (Fsp3) is 0.308. The second-order valence-electron chi connectivity index (χ2n) is 13.3. The lowest BCUT2D eigenvalue weighted by atomic mass is 10.0. The number of rotatable bonds is 15. The highest BCUT2D eigenvalue weighted by Crippen LogP contribution is 2.29. The number of fused-ring (bicyclic) bond motifs is 1. The van der Waals surface area contributed by atoms with Gasteiger partial charge >= 0.3 is 6.03 Å². The maximum atomic E-state index is 14.2. The smallest absolute Gasteiger partial charge is 0.319 e. The molecule has 0 saturated carbocycles. The normalized spacial score (nSPS) is 14.1. The molecule has 3 aromatic carbocycles. The van der Waals surface area contributed by atoms with Crippen molar-refractivity contribution in [3.8, 4) is 0 Å². The van der Waals surface area contributed by atoms with E-state index in [1.807, 2.05) is 6.07 Å². The molecule has 12 nitrogen and oxygen atoms in total. The fourth-order valence-electron chi connectivity index (χ4n) is 6.54. The van der Waals surface area contributed by atoms with Crippen molar-refractivity contribution in [3.05, 3.63) is 123 Å². The van der Waals surface area contributed by atoms with Gasteiger partial charge in [-0.15, -0.1) is 0 Å². The van der Waals surface area contributed by atoms with E-state index in [9.17, 15) is 23.2 Å². The molecule has 1 aliphatic heterocycles. The molecular formula is C39H41Cl2F2N9O3. The summed E-state index contributed by atoms with van der Waals surface area (Å²) in [5, 5.41) is 17.7. The van der Waals surface area contributed by atoms with Gasteiger partial charge < -0.3 is 27.0 Å². The summed E-state index contributed by atoms with van der Waals surface area (Å²) < 4.78 is 29.9. The lowest BCUT2D eigenvalue weighted by molar-refractivity contribution is -0.129. The highest BCUT2D eigenvalue weighted by molar-refractivity contribution is 6.36. The number of nitrogens with two attached hydrogens (primary N) is 1. The third kappa shape index (κ3) is 10.3. The maximum Gasteiger partial charge on any atom is 0.319 e. The second-order valence-corrected chi connectivity index (χ2v) is 14.1. The lowest BCUT2D eigenvalue weighted by Crippen LogP contribution is -2.55. The molecule has 6 rings (SSSR count). The first-order valence-corrected chi connectivity index (χ1v) is 18.7. The van der Waals surface area contributed by atoms with Gasteiger partial charge in [0, 0.05) is 71.6 Å². The minimum Gasteiger partial charge on any atom is -0.353 e. The zero-order chi connectivity index (χ0) is 38.9. The molecule has 16 heteroatoms. The summed E-state index contributed by atoms with van der Waals surface area (Å²) >= 11 is 13.1. The lowest BCUT2D eigenvalue weighted by Gasteiger charge is -2.23. The van der Waals surface area contributed by atoms with Crippen molar-refractivity contribution in [1.29, 1.82) is 0 Å². The molecule has 0 aliphatic carbocycles. The minimum atomic E-state index is -1.31. The van der Waals surface area contributed by atoms with E-state index in [-0.39, 0.29) is 38.0 Å². The molecule has 5 aromatic rings. The van der Waals surface area contributed by atoms with Crippen LogP contribution >= 0.6 is 23.2 Å². The molecule has 288 valence electrons. The first kappa shape index (κ1) is 39.5. The highest BCUT2D eigenvalue weighted by Gasteiger charge is 2.28. The molecule has 1 aliphatic rings. The molecule has 0 radical (unpaired) electrons. The van der Waals surface area contributed by atoms with Gasteiger partial charge in [-0.1, -0.05) is 35.3 Å². The number of aromatic nitrogens is 3.